The van der Waals surface area contributed by atoms with Gasteiger partial charge in [0.05, 0.1) is 27.7 Å². The minimum atomic E-state index is -4.66. The van der Waals surface area contributed by atoms with Crippen molar-refractivity contribution in [2.75, 3.05) is 47.5 Å². The van der Waals surface area contributed by atoms with E-state index >= 15 is 0 Å². The maximum absolute atomic E-state index is 12.9. The number of nitrogens with zero attached hydrogens (tertiary/aromatic N) is 1. The van der Waals surface area contributed by atoms with Gasteiger partial charge < -0.3 is 27.9 Å². The molecule has 0 bridgehead atoms. The Morgan fingerprint density at radius 3 is 0.833 bits per heavy atom. The molecule has 2 atom stereocenters. The smallest absolute Gasteiger partial charge is 0.306 e. The number of hydrogen-bond donors (Lipinski definition) is 0. The van der Waals surface area contributed by atoms with Crippen LogP contribution in [0.2, 0.25) is 0 Å². The Kier molecular flexibility index (Phi) is 70.1. The van der Waals surface area contributed by atoms with Crippen LogP contribution in [0.5, 0.6) is 0 Å². The summed E-state index contributed by atoms with van der Waals surface area (Å²) in [6.07, 6.45) is 115. The molecule has 0 aromatic rings. The minimum Gasteiger partial charge on any atom is -0.756 e. The fraction of sp³-hybridized carbons (Fsp3) is 0.605. The van der Waals surface area contributed by atoms with E-state index < -0.39 is 32.5 Å². The first-order valence-corrected chi connectivity index (χ1v) is 39.6. The number of allylic oxidation sites excluding steroid dienone is 32. The van der Waals surface area contributed by atoms with Crippen LogP contribution in [0, 0.1) is 0 Å². The number of phosphoric ester groups is 1. The molecule has 0 radical (unpaired) electrons. The first kappa shape index (κ1) is 90.8. The summed E-state index contributed by atoms with van der Waals surface area (Å²) in [4.78, 5) is 38.2. The van der Waals surface area contributed by atoms with Crippen molar-refractivity contribution in [1.29, 1.82) is 0 Å². The fourth-order valence-corrected chi connectivity index (χ4v) is 10.6. The molecular formula is C86H140NO8P. The molecule has 0 aromatic carbocycles. The summed E-state index contributed by atoms with van der Waals surface area (Å²) in [6, 6.07) is 0. The highest BCUT2D eigenvalue weighted by molar-refractivity contribution is 7.45. The Labute approximate surface area is 590 Å². The Morgan fingerprint density at radius 1 is 0.323 bits per heavy atom. The number of ether oxygens (including phenoxy) is 2. The van der Waals surface area contributed by atoms with Gasteiger partial charge in [0.15, 0.2) is 6.10 Å². The average molecular weight is 1350 g/mol. The van der Waals surface area contributed by atoms with E-state index in [1.54, 1.807) is 0 Å². The van der Waals surface area contributed by atoms with Gasteiger partial charge in [-0.05, 0) is 141 Å². The van der Waals surface area contributed by atoms with Crippen LogP contribution in [0.25, 0.3) is 0 Å². The van der Waals surface area contributed by atoms with Gasteiger partial charge in [0.1, 0.15) is 19.8 Å². The number of quaternary nitrogens is 1. The SMILES string of the molecule is CC/C=C\C/C=C\C/C=C\C/C=C\C/C=C\C/C=C\C/C=C\C/C=C\C/C=C\CCCCCCCCCCCC(=O)OC(COC(=O)CCCCCCCCCCCCCCC/C=C\C/C=C\C/C=C\C/C=C\C/C=C\C/C=C\C/C=C\CC)COP(=O)([O-])OCC[N+](C)(C)C. The third-order valence-corrected chi connectivity index (χ3v) is 16.6. The molecule has 0 saturated heterocycles. The molecule has 0 aliphatic heterocycles. The average Bonchev–Trinajstić information content (AvgIpc) is 2.72. The van der Waals surface area contributed by atoms with Gasteiger partial charge in [-0.1, -0.05) is 324 Å². The summed E-state index contributed by atoms with van der Waals surface area (Å²) in [5.41, 5.74) is 0. The summed E-state index contributed by atoms with van der Waals surface area (Å²) in [5.74, 6) is -0.849. The van der Waals surface area contributed by atoms with Crippen LogP contribution < -0.4 is 4.89 Å². The van der Waals surface area contributed by atoms with E-state index in [1.807, 2.05) is 21.1 Å². The Hall–Kier alpha value is -5.15. The van der Waals surface area contributed by atoms with Crippen molar-refractivity contribution in [2.24, 2.45) is 0 Å². The van der Waals surface area contributed by atoms with Crippen molar-refractivity contribution < 1.29 is 42.1 Å². The Balaban J connectivity index is 4.10. The lowest BCUT2D eigenvalue weighted by Crippen LogP contribution is -2.37. The molecule has 10 heteroatoms. The zero-order chi connectivity index (χ0) is 69.7. The number of rotatable bonds is 68. The van der Waals surface area contributed by atoms with E-state index in [9.17, 15) is 19.0 Å². The summed E-state index contributed by atoms with van der Waals surface area (Å²) in [5, 5.41) is 0. The second-order valence-corrected chi connectivity index (χ2v) is 27.3. The van der Waals surface area contributed by atoms with Crippen molar-refractivity contribution in [2.45, 2.75) is 290 Å². The molecule has 0 amide bonds. The maximum Gasteiger partial charge on any atom is 0.306 e. The molecule has 9 nitrogen and oxygen atoms in total. The summed E-state index contributed by atoms with van der Waals surface area (Å²) < 4.78 is 34.4. The van der Waals surface area contributed by atoms with Crippen molar-refractivity contribution >= 4 is 19.8 Å². The number of esters is 2. The van der Waals surface area contributed by atoms with E-state index in [0.717, 1.165) is 154 Å². The Morgan fingerprint density at radius 2 is 0.562 bits per heavy atom. The quantitative estimate of drug-likeness (QED) is 0.0195. The zero-order valence-corrected chi connectivity index (χ0v) is 62.6. The van der Waals surface area contributed by atoms with Crippen LogP contribution in [0.1, 0.15) is 284 Å². The molecule has 0 saturated carbocycles. The molecule has 0 aromatic heterocycles. The lowest BCUT2D eigenvalue weighted by Gasteiger charge is -2.28. The second kappa shape index (κ2) is 74.1. The van der Waals surface area contributed by atoms with Crippen LogP contribution in [0.4, 0.5) is 0 Å². The molecule has 0 aliphatic carbocycles. The van der Waals surface area contributed by atoms with Crippen LogP contribution in [-0.4, -0.2) is 70.0 Å². The van der Waals surface area contributed by atoms with E-state index in [-0.39, 0.29) is 26.1 Å². The number of carbonyl (C=O) groups excluding carboxylic acids is 2. The minimum absolute atomic E-state index is 0.0413. The van der Waals surface area contributed by atoms with Gasteiger partial charge in [-0.25, -0.2) is 0 Å². The summed E-state index contributed by atoms with van der Waals surface area (Å²) in [7, 11) is 1.14. The van der Waals surface area contributed by atoms with Crippen molar-refractivity contribution in [3.8, 4) is 0 Å². The molecule has 2 unspecified atom stereocenters. The van der Waals surface area contributed by atoms with Crippen molar-refractivity contribution in [3.05, 3.63) is 194 Å². The molecular weight excluding hydrogens is 1210 g/mol. The standard InChI is InChI=1S/C86H140NO8P/c1-6-8-10-12-14-16-18-20-22-24-26-28-30-32-34-36-38-40-42-43-45-47-49-51-53-55-57-59-61-63-65-67-69-71-73-75-77-79-86(89)95-84(83-94-96(90,91)93-81-80-87(3,4)5)82-92-85(88)78-76-74-72-70-68-66-64-62-60-58-56-54-52-50-48-46-44-41-39-37-35-33-31-29-27-25-23-21-19-17-15-13-11-9-7-2/h8-11,14-17,20-23,26-29,32-35,38-41,43,45-46,48-49,51,55,57,84H,6-7,12-13,18-19,24-25,30-31,36-37,42,44,47,50,52-54,56,58-83H2,1-5H3/b10-8-,11-9-,16-14-,17-15-,22-20-,23-21-,28-26-,29-27-,34-32-,35-33-,40-38-,41-39-,45-43-,48-46-,51-49-,57-55-. The molecule has 0 N–H and O–H groups in total. The number of likely N-dealkylation sites (N-methyl/N-ethyl adjacent to an activating group) is 1. The normalized spacial score (nSPS) is 14.2. The molecule has 0 fully saturated rings. The molecule has 542 valence electrons. The van der Waals surface area contributed by atoms with Gasteiger partial charge >= 0.3 is 11.9 Å². The van der Waals surface area contributed by atoms with E-state index in [0.29, 0.717) is 17.4 Å². The van der Waals surface area contributed by atoms with Gasteiger partial charge in [0.25, 0.3) is 7.82 Å². The number of hydrogen-bond acceptors (Lipinski definition) is 8. The summed E-state index contributed by atoms with van der Waals surface area (Å²) in [6.45, 7) is 4.00. The monoisotopic (exact) mass is 1350 g/mol. The van der Waals surface area contributed by atoms with Gasteiger partial charge in [-0.3, -0.25) is 14.2 Å². The first-order valence-electron chi connectivity index (χ1n) is 38.1. The van der Waals surface area contributed by atoms with Crippen LogP contribution in [0.3, 0.4) is 0 Å². The highest BCUT2D eigenvalue weighted by Crippen LogP contribution is 2.38. The lowest BCUT2D eigenvalue weighted by molar-refractivity contribution is -0.870. The summed E-state index contributed by atoms with van der Waals surface area (Å²) >= 11 is 0. The van der Waals surface area contributed by atoms with Gasteiger partial charge in [-0.15, -0.1) is 0 Å². The van der Waals surface area contributed by atoms with E-state index in [4.69, 9.17) is 18.5 Å². The fourth-order valence-electron chi connectivity index (χ4n) is 9.87. The first-order chi connectivity index (χ1) is 47.0. The van der Waals surface area contributed by atoms with Gasteiger partial charge in [0, 0.05) is 12.8 Å². The third kappa shape index (κ3) is 77.9. The van der Waals surface area contributed by atoms with E-state index in [1.165, 1.54) is 96.3 Å². The predicted molar refractivity (Wildman–Crippen MR) is 415 cm³/mol. The second-order valence-electron chi connectivity index (χ2n) is 25.9. The van der Waals surface area contributed by atoms with Gasteiger partial charge in [0.2, 0.25) is 0 Å². The largest absolute Gasteiger partial charge is 0.756 e. The highest BCUT2D eigenvalue weighted by Gasteiger charge is 2.22. The van der Waals surface area contributed by atoms with Crippen LogP contribution in [0.15, 0.2) is 194 Å². The molecule has 0 heterocycles. The lowest BCUT2D eigenvalue weighted by atomic mass is 10.0. The van der Waals surface area contributed by atoms with E-state index in [2.05, 4.69) is 208 Å². The van der Waals surface area contributed by atoms with Crippen LogP contribution in [-0.2, 0) is 32.7 Å². The highest BCUT2D eigenvalue weighted by atomic mass is 31.2. The van der Waals surface area contributed by atoms with Gasteiger partial charge in [-0.2, -0.15) is 0 Å². The third-order valence-electron chi connectivity index (χ3n) is 15.6. The number of phosphoric acid groups is 1. The van der Waals surface area contributed by atoms with Crippen molar-refractivity contribution in [1.82, 2.24) is 0 Å². The Bertz CT molecular complexity index is 2330. The maximum atomic E-state index is 12.9. The molecule has 0 aliphatic rings. The number of carbonyl (C=O) groups is 2. The van der Waals surface area contributed by atoms with Crippen LogP contribution >= 0.6 is 7.82 Å². The van der Waals surface area contributed by atoms with Crippen molar-refractivity contribution in [3.63, 3.8) is 0 Å². The zero-order valence-electron chi connectivity index (χ0n) is 61.7. The molecule has 96 heavy (non-hydrogen) atoms. The topological polar surface area (TPSA) is 111 Å². The predicted octanol–water partition coefficient (Wildman–Crippen LogP) is 25.0. The molecule has 0 rings (SSSR count). The molecule has 0 spiro atoms. The number of unbranched alkanes of at least 4 members (excludes halogenated alkanes) is 22.